The summed E-state index contributed by atoms with van der Waals surface area (Å²) >= 11 is 0. The van der Waals surface area contributed by atoms with Gasteiger partial charge in [0.25, 0.3) is 0 Å². The predicted octanol–water partition coefficient (Wildman–Crippen LogP) is 1.91. The summed E-state index contributed by atoms with van der Waals surface area (Å²) in [6.45, 7) is 11.0. The zero-order chi connectivity index (χ0) is 14.6. The fourth-order valence-corrected chi connectivity index (χ4v) is 3.04. The van der Waals surface area contributed by atoms with Gasteiger partial charge in [0.2, 0.25) is 0 Å². The molecular formula is C16H25N3O. The van der Waals surface area contributed by atoms with E-state index in [0.717, 1.165) is 38.2 Å². The molecule has 2 atom stereocenters. The average Bonchev–Trinajstić information content (AvgIpc) is 2.69. The van der Waals surface area contributed by atoms with Gasteiger partial charge in [0.15, 0.2) is 0 Å². The molecule has 2 heterocycles. The Morgan fingerprint density at radius 2 is 2.25 bits per heavy atom. The lowest BCUT2D eigenvalue weighted by atomic mass is 9.89. The van der Waals surface area contributed by atoms with Crippen molar-refractivity contribution < 1.29 is 5.11 Å². The second-order valence-corrected chi connectivity index (χ2v) is 6.58. The minimum atomic E-state index is -0.267. The van der Waals surface area contributed by atoms with Crippen molar-refractivity contribution in [3.05, 3.63) is 36.9 Å². The Labute approximate surface area is 121 Å². The molecule has 1 fully saturated rings. The number of hydrogen-bond donors (Lipinski definition) is 1. The van der Waals surface area contributed by atoms with Crippen LogP contribution in [-0.4, -0.2) is 45.7 Å². The van der Waals surface area contributed by atoms with Crippen molar-refractivity contribution in [1.82, 2.24) is 14.9 Å². The predicted molar refractivity (Wildman–Crippen MR) is 80.3 cm³/mol. The number of aromatic nitrogens is 2. The van der Waals surface area contributed by atoms with Crippen LogP contribution in [0.1, 0.15) is 26.0 Å². The number of aliphatic hydroxyl groups is 1. The standard InChI is InChI=1S/C16H25N3O/c1-4-5-16(2,3)12-19-10-13(15(20)11-19)8-14-9-17-6-7-18-14/h4,6-7,9,13,15,20H,1,5,8,10-12H2,2-3H3/t13-,15-/m1/s1. The fourth-order valence-electron chi connectivity index (χ4n) is 3.04. The summed E-state index contributed by atoms with van der Waals surface area (Å²) in [5, 5.41) is 10.2. The first-order valence-corrected chi connectivity index (χ1v) is 7.26. The normalized spacial score (nSPS) is 23.9. The smallest absolute Gasteiger partial charge is 0.0711 e. The van der Waals surface area contributed by atoms with E-state index in [0.29, 0.717) is 0 Å². The number of likely N-dealkylation sites (tertiary alicyclic amines) is 1. The third-order valence-corrected chi connectivity index (χ3v) is 3.92. The van der Waals surface area contributed by atoms with Gasteiger partial charge in [-0.05, 0) is 18.3 Å². The summed E-state index contributed by atoms with van der Waals surface area (Å²) < 4.78 is 0. The van der Waals surface area contributed by atoms with E-state index in [9.17, 15) is 5.11 Å². The number of nitrogens with zero attached hydrogens (tertiary/aromatic N) is 3. The third kappa shape index (κ3) is 4.12. The van der Waals surface area contributed by atoms with Crippen molar-refractivity contribution in [3.63, 3.8) is 0 Å². The van der Waals surface area contributed by atoms with Crippen LogP contribution in [0.3, 0.4) is 0 Å². The van der Waals surface area contributed by atoms with E-state index in [1.54, 1.807) is 18.6 Å². The van der Waals surface area contributed by atoms with Crippen LogP contribution in [0.15, 0.2) is 31.2 Å². The molecule has 0 bridgehead atoms. The molecule has 0 amide bonds. The maximum absolute atomic E-state index is 10.2. The summed E-state index contributed by atoms with van der Waals surface area (Å²) in [5.74, 6) is 0.256. The van der Waals surface area contributed by atoms with Gasteiger partial charge in [-0.3, -0.25) is 14.9 Å². The molecule has 0 saturated carbocycles. The van der Waals surface area contributed by atoms with Crippen LogP contribution < -0.4 is 0 Å². The lowest BCUT2D eigenvalue weighted by Gasteiger charge is -2.29. The topological polar surface area (TPSA) is 49.2 Å². The van der Waals surface area contributed by atoms with E-state index in [1.807, 2.05) is 6.08 Å². The molecule has 1 aromatic heterocycles. The number of β-amino-alcohol motifs (C(OH)–C–C–N with tert-alkyl or cyclic N) is 1. The van der Waals surface area contributed by atoms with Gasteiger partial charge in [0.1, 0.15) is 0 Å². The van der Waals surface area contributed by atoms with Gasteiger partial charge >= 0.3 is 0 Å². The highest BCUT2D eigenvalue weighted by Crippen LogP contribution is 2.27. The van der Waals surface area contributed by atoms with E-state index in [-0.39, 0.29) is 17.4 Å². The summed E-state index contributed by atoms with van der Waals surface area (Å²) in [7, 11) is 0. The molecule has 1 aromatic rings. The number of aliphatic hydroxyl groups excluding tert-OH is 1. The molecule has 1 N–H and O–H groups in total. The van der Waals surface area contributed by atoms with E-state index in [2.05, 4.69) is 35.3 Å². The van der Waals surface area contributed by atoms with Crippen LogP contribution in [0.25, 0.3) is 0 Å². The van der Waals surface area contributed by atoms with Crippen molar-refractivity contribution in [1.29, 1.82) is 0 Å². The van der Waals surface area contributed by atoms with Crippen molar-refractivity contribution in [2.75, 3.05) is 19.6 Å². The lowest BCUT2D eigenvalue weighted by Crippen LogP contribution is -2.33. The molecule has 0 aromatic carbocycles. The Morgan fingerprint density at radius 1 is 1.45 bits per heavy atom. The highest BCUT2D eigenvalue weighted by Gasteiger charge is 2.34. The average molecular weight is 275 g/mol. The van der Waals surface area contributed by atoms with Gasteiger partial charge in [-0.2, -0.15) is 0 Å². The Bertz CT molecular complexity index is 433. The lowest BCUT2D eigenvalue weighted by molar-refractivity contribution is 0.135. The summed E-state index contributed by atoms with van der Waals surface area (Å²) in [5.41, 5.74) is 1.17. The van der Waals surface area contributed by atoms with Crippen LogP contribution >= 0.6 is 0 Å². The van der Waals surface area contributed by atoms with Crippen molar-refractivity contribution in [3.8, 4) is 0 Å². The molecule has 0 unspecified atom stereocenters. The highest BCUT2D eigenvalue weighted by molar-refractivity contribution is 5.00. The Hall–Kier alpha value is -1.26. The molecule has 4 nitrogen and oxygen atoms in total. The zero-order valence-corrected chi connectivity index (χ0v) is 12.5. The van der Waals surface area contributed by atoms with Crippen LogP contribution in [-0.2, 0) is 6.42 Å². The molecule has 1 aliphatic heterocycles. The SMILES string of the molecule is C=CCC(C)(C)CN1C[C@@H](Cc2cnccn2)[C@H](O)C1. The van der Waals surface area contributed by atoms with Gasteiger partial charge in [-0.1, -0.05) is 19.9 Å². The minimum Gasteiger partial charge on any atom is -0.391 e. The summed E-state index contributed by atoms with van der Waals surface area (Å²) in [6.07, 6.45) is 8.68. The second-order valence-electron chi connectivity index (χ2n) is 6.58. The van der Waals surface area contributed by atoms with Gasteiger partial charge in [0.05, 0.1) is 11.8 Å². The number of allylic oxidation sites excluding steroid dienone is 1. The van der Waals surface area contributed by atoms with Gasteiger partial charge in [-0.15, -0.1) is 6.58 Å². The molecule has 20 heavy (non-hydrogen) atoms. The monoisotopic (exact) mass is 275 g/mol. The van der Waals surface area contributed by atoms with Gasteiger partial charge in [-0.25, -0.2) is 0 Å². The Kier molecular flexibility index (Phi) is 4.89. The first-order chi connectivity index (χ1) is 9.50. The molecule has 0 spiro atoms. The molecule has 0 radical (unpaired) electrons. The molecule has 2 rings (SSSR count). The quantitative estimate of drug-likeness (QED) is 0.806. The Morgan fingerprint density at radius 3 is 2.90 bits per heavy atom. The number of hydrogen-bond acceptors (Lipinski definition) is 4. The minimum absolute atomic E-state index is 0.211. The van der Waals surface area contributed by atoms with Crippen LogP contribution in [0.4, 0.5) is 0 Å². The van der Waals surface area contributed by atoms with Gasteiger partial charge < -0.3 is 5.11 Å². The second kappa shape index (κ2) is 6.46. The van der Waals surface area contributed by atoms with Gasteiger partial charge in [0, 0.05) is 44.1 Å². The fraction of sp³-hybridized carbons (Fsp3) is 0.625. The molecule has 0 aliphatic carbocycles. The summed E-state index contributed by atoms with van der Waals surface area (Å²) in [4.78, 5) is 10.7. The molecule has 1 aliphatic rings. The van der Waals surface area contributed by atoms with Crippen molar-refractivity contribution in [2.24, 2.45) is 11.3 Å². The Balaban J connectivity index is 1.90. The van der Waals surface area contributed by atoms with E-state index >= 15 is 0 Å². The van der Waals surface area contributed by atoms with Crippen molar-refractivity contribution in [2.45, 2.75) is 32.8 Å². The molecule has 110 valence electrons. The van der Waals surface area contributed by atoms with E-state index in [1.165, 1.54) is 0 Å². The summed E-state index contributed by atoms with van der Waals surface area (Å²) in [6, 6.07) is 0. The van der Waals surface area contributed by atoms with Crippen LogP contribution in [0.5, 0.6) is 0 Å². The highest BCUT2D eigenvalue weighted by atomic mass is 16.3. The van der Waals surface area contributed by atoms with Crippen molar-refractivity contribution >= 4 is 0 Å². The van der Waals surface area contributed by atoms with Crippen LogP contribution in [0, 0.1) is 11.3 Å². The third-order valence-electron chi connectivity index (χ3n) is 3.92. The first-order valence-electron chi connectivity index (χ1n) is 7.26. The molecule has 4 heteroatoms. The van der Waals surface area contributed by atoms with Crippen LogP contribution in [0.2, 0.25) is 0 Å². The molecule has 1 saturated heterocycles. The largest absolute Gasteiger partial charge is 0.391 e. The van der Waals surface area contributed by atoms with E-state index < -0.39 is 0 Å². The first kappa shape index (κ1) is 15.1. The maximum Gasteiger partial charge on any atom is 0.0711 e. The maximum atomic E-state index is 10.2. The van der Waals surface area contributed by atoms with E-state index in [4.69, 9.17) is 0 Å². The number of rotatable bonds is 6. The zero-order valence-electron chi connectivity index (χ0n) is 12.5. The molecular weight excluding hydrogens is 250 g/mol.